The quantitative estimate of drug-likeness (QED) is 0.658. The smallest absolute Gasteiger partial charge is 0.260 e. The first-order valence-electron chi connectivity index (χ1n) is 8.73. The highest BCUT2D eigenvalue weighted by Gasteiger charge is 2.27. The fourth-order valence-electron chi connectivity index (χ4n) is 3.11. The Hall–Kier alpha value is -3.30. The number of carbonyl (C=O) groups excluding carboxylic acids is 1. The van der Waals surface area contributed by atoms with Crippen molar-refractivity contribution in [2.24, 2.45) is 0 Å². The van der Waals surface area contributed by atoms with Crippen molar-refractivity contribution in [3.63, 3.8) is 0 Å². The number of piperidine rings is 1. The molecule has 0 aliphatic carbocycles. The van der Waals surface area contributed by atoms with E-state index < -0.39 is 0 Å². The predicted octanol–water partition coefficient (Wildman–Crippen LogP) is 1.14. The predicted molar refractivity (Wildman–Crippen MR) is 92.2 cm³/mol. The fourth-order valence-corrected chi connectivity index (χ4v) is 3.11. The Kier molecular flexibility index (Phi) is 4.77. The third-order valence-corrected chi connectivity index (χ3v) is 4.50. The van der Waals surface area contributed by atoms with E-state index in [0.717, 1.165) is 18.5 Å². The molecule has 1 saturated heterocycles. The normalized spacial score (nSPS) is 17.1. The molecule has 0 N–H and O–H groups in total. The van der Waals surface area contributed by atoms with E-state index >= 15 is 0 Å². The Labute approximate surface area is 155 Å². The van der Waals surface area contributed by atoms with E-state index in [-0.39, 0.29) is 18.4 Å². The van der Waals surface area contributed by atoms with Gasteiger partial charge in [0.25, 0.3) is 5.91 Å². The van der Waals surface area contributed by atoms with Crippen molar-refractivity contribution < 1.29 is 14.1 Å². The highest BCUT2D eigenvalue weighted by molar-refractivity contribution is 5.78. The van der Waals surface area contributed by atoms with Gasteiger partial charge in [-0.3, -0.25) is 4.79 Å². The maximum atomic E-state index is 12.5. The van der Waals surface area contributed by atoms with E-state index in [1.54, 1.807) is 28.6 Å². The summed E-state index contributed by atoms with van der Waals surface area (Å²) in [5, 5.41) is 15.0. The number of hydrogen-bond acceptors (Lipinski definition) is 8. The number of benzene rings is 1. The molecule has 0 unspecified atom stereocenters. The number of carbonyl (C=O) groups is 1. The molecule has 3 heterocycles. The first kappa shape index (κ1) is 17.1. The van der Waals surface area contributed by atoms with Crippen LogP contribution in [-0.4, -0.2) is 60.9 Å². The first-order valence-corrected chi connectivity index (χ1v) is 8.73. The molecule has 10 heteroatoms. The first-order chi connectivity index (χ1) is 13.2. The summed E-state index contributed by atoms with van der Waals surface area (Å²) in [7, 11) is 0. The number of nitrogens with zero attached hydrogens (tertiary/aromatic N) is 7. The molecule has 0 radical (unpaired) electrons. The molecule has 4 rings (SSSR count). The number of ether oxygens (including phenoxy) is 1. The van der Waals surface area contributed by atoms with Gasteiger partial charge in [0.1, 0.15) is 12.1 Å². The number of rotatable bonds is 5. The van der Waals surface area contributed by atoms with Gasteiger partial charge in [-0.1, -0.05) is 5.16 Å². The Morgan fingerprint density at radius 3 is 2.89 bits per heavy atom. The maximum absolute atomic E-state index is 12.5. The van der Waals surface area contributed by atoms with Crippen molar-refractivity contribution in [1.82, 2.24) is 35.2 Å². The minimum Gasteiger partial charge on any atom is -0.484 e. The second-order valence-electron chi connectivity index (χ2n) is 6.39. The van der Waals surface area contributed by atoms with Gasteiger partial charge in [0.15, 0.2) is 12.4 Å². The zero-order chi connectivity index (χ0) is 18.6. The number of aromatic nitrogens is 6. The number of hydrogen-bond donors (Lipinski definition) is 0. The van der Waals surface area contributed by atoms with E-state index in [2.05, 4.69) is 25.7 Å². The van der Waals surface area contributed by atoms with Gasteiger partial charge in [0.05, 0.1) is 5.69 Å². The van der Waals surface area contributed by atoms with Crippen LogP contribution in [0.5, 0.6) is 5.75 Å². The summed E-state index contributed by atoms with van der Waals surface area (Å²) in [5.41, 5.74) is 0.813. The van der Waals surface area contributed by atoms with Crippen molar-refractivity contribution in [1.29, 1.82) is 0 Å². The third kappa shape index (κ3) is 3.94. The van der Waals surface area contributed by atoms with Gasteiger partial charge in [-0.2, -0.15) is 4.98 Å². The molecule has 0 saturated carbocycles. The molecule has 1 aliphatic rings. The lowest BCUT2D eigenvalue weighted by atomic mass is 9.97. The summed E-state index contributed by atoms with van der Waals surface area (Å²) in [5.74, 6) is 1.88. The largest absolute Gasteiger partial charge is 0.484 e. The molecule has 0 spiro atoms. The van der Waals surface area contributed by atoms with Crippen LogP contribution in [0.4, 0.5) is 0 Å². The van der Waals surface area contributed by atoms with Crippen molar-refractivity contribution in [3.05, 3.63) is 42.3 Å². The molecule has 1 atom stereocenters. The summed E-state index contributed by atoms with van der Waals surface area (Å²) in [6.07, 6.45) is 3.37. The highest BCUT2D eigenvalue weighted by atomic mass is 16.5. The maximum Gasteiger partial charge on any atom is 0.260 e. The molecule has 140 valence electrons. The van der Waals surface area contributed by atoms with Crippen LogP contribution in [-0.2, 0) is 4.79 Å². The van der Waals surface area contributed by atoms with Gasteiger partial charge in [-0.05, 0) is 47.5 Å². The molecule has 0 bridgehead atoms. The average molecular weight is 369 g/mol. The highest BCUT2D eigenvalue weighted by Crippen LogP contribution is 2.25. The minimum absolute atomic E-state index is 0.0117. The van der Waals surface area contributed by atoms with Gasteiger partial charge in [-0.25, -0.2) is 4.68 Å². The summed E-state index contributed by atoms with van der Waals surface area (Å²) < 4.78 is 12.2. The number of amides is 1. The molecule has 2 aromatic heterocycles. The van der Waals surface area contributed by atoms with Crippen LogP contribution < -0.4 is 4.74 Å². The van der Waals surface area contributed by atoms with Crippen LogP contribution in [0.2, 0.25) is 0 Å². The van der Waals surface area contributed by atoms with E-state index in [4.69, 9.17) is 9.26 Å². The molecule has 1 aromatic carbocycles. The summed E-state index contributed by atoms with van der Waals surface area (Å²) in [6.45, 7) is 3.05. The van der Waals surface area contributed by atoms with Gasteiger partial charge >= 0.3 is 0 Å². The van der Waals surface area contributed by atoms with Crippen LogP contribution >= 0.6 is 0 Å². The second-order valence-corrected chi connectivity index (χ2v) is 6.39. The third-order valence-electron chi connectivity index (χ3n) is 4.50. The van der Waals surface area contributed by atoms with Crippen LogP contribution in [0.25, 0.3) is 5.69 Å². The number of tetrazole rings is 1. The molecule has 1 aliphatic heterocycles. The van der Waals surface area contributed by atoms with Gasteiger partial charge in [-0.15, -0.1) is 5.10 Å². The summed E-state index contributed by atoms with van der Waals surface area (Å²) >= 11 is 0. The summed E-state index contributed by atoms with van der Waals surface area (Å²) in [4.78, 5) is 18.6. The number of aryl methyl sites for hydroxylation is 1. The Morgan fingerprint density at radius 2 is 2.19 bits per heavy atom. The molecule has 27 heavy (non-hydrogen) atoms. The van der Waals surface area contributed by atoms with Crippen molar-refractivity contribution >= 4 is 5.91 Å². The molecule has 3 aromatic rings. The minimum atomic E-state index is -0.0514. The average Bonchev–Trinajstić information content (AvgIpc) is 3.38. The SMILES string of the molecule is Cc1nc([C@@H]2CCCN(C(=O)COc3ccc(-n4cnnn4)cc3)C2)no1. The van der Waals surface area contributed by atoms with E-state index in [9.17, 15) is 4.79 Å². The van der Waals surface area contributed by atoms with Gasteiger partial charge < -0.3 is 14.2 Å². The van der Waals surface area contributed by atoms with Gasteiger partial charge in [0, 0.05) is 25.9 Å². The summed E-state index contributed by atoms with van der Waals surface area (Å²) in [6, 6.07) is 7.22. The molecular formula is C17H19N7O3. The standard InChI is InChI=1S/C17H19N7O3/c1-12-19-17(20-27-12)13-3-2-8-23(9-13)16(25)10-26-15-6-4-14(5-7-15)24-11-18-21-22-24/h4-7,11,13H,2-3,8-10H2,1H3/t13-/m1/s1. The Bertz CT molecular complexity index is 892. The lowest BCUT2D eigenvalue weighted by Gasteiger charge is -2.31. The second kappa shape index (κ2) is 7.52. The van der Waals surface area contributed by atoms with Crippen LogP contribution in [0.1, 0.15) is 30.5 Å². The molecular weight excluding hydrogens is 350 g/mol. The zero-order valence-electron chi connectivity index (χ0n) is 14.9. The van der Waals surface area contributed by atoms with Crippen LogP contribution in [0.3, 0.4) is 0 Å². The lowest BCUT2D eigenvalue weighted by molar-refractivity contribution is -0.134. The van der Waals surface area contributed by atoms with Crippen LogP contribution in [0.15, 0.2) is 35.1 Å². The number of likely N-dealkylation sites (tertiary alicyclic amines) is 1. The van der Waals surface area contributed by atoms with E-state index in [1.165, 1.54) is 6.33 Å². The monoisotopic (exact) mass is 369 g/mol. The molecule has 1 amide bonds. The zero-order valence-corrected chi connectivity index (χ0v) is 14.9. The Balaban J connectivity index is 1.32. The van der Waals surface area contributed by atoms with Crippen molar-refractivity contribution in [2.45, 2.75) is 25.7 Å². The van der Waals surface area contributed by atoms with E-state index in [0.29, 0.717) is 30.6 Å². The van der Waals surface area contributed by atoms with E-state index in [1.807, 2.05) is 12.1 Å². The molecule has 1 fully saturated rings. The lowest BCUT2D eigenvalue weighted by Crippen LogP contribution is -2.41. The van der Waals surface area contributed by atoms with Crippen LogP contribution in [0, 0.1) is 6.92 Å². The fraction of sp³-hybridized carbons (Fsp3) is 0.412. The van der Waals surface area contributed by atoms with Crippen molar-refractivity contribution in [2.75, 3.05) is 19.7 Å². The molecule has 10 nitrogen and oxygen atoms in total. The van der Waals surface area contributed by atoms with Gasteiger partial charge in [0.2, 0.25) is 5.89 Å². The van der Waals surface area contributed by atoms with Crippen molar-refractivity contribution in [3.8, 4) is 11.4 Å². The topological polar surface area (TPSA) is 112 Å². The Morgan fingerprint density at radius 1 is 1.33 bits per heavy atom.